The van der Waals surface area contributed by atoms with Gasteiger partial charge in [-0.15, -0.1) is 5.10 Å². The van der Waals surface area contributed by atoms with Gasteiger partial charge in [-0.05, 0) is 49.1 Å². The van der Waals surface area contributed by atoms with Crippen LogP contribution in [0.15, 0.2) is 48.9 Å². The number of hydrogen-bond acceptors (Lipinski definition) is 7. The third kappa shape index (κ3) is 8.57. The fourth-order valence-corrected chi connectivity index (χ4v) is 3.32. The highest BCUT2D eigenvalue weighted by molar-refractivity contribution is 6.41. The number of aromatic nitrogens is 6. The van der Waals surface area contributed by atoms with Crippen LogP contribution in [0.25, 0.3) is 16.6 Å². The number of rotatable bonds is 7. The van der Waals surface area contributed by atoms with Gasteiger partial charge < -0.3 is 5.73 Å². The van der Waals surface area contributed by atoms with Gasteiger partial charge in [0.15, 0.2) is 0 Å². The van der Waals surface area contributed by atoms with E-state index in [1.807, 2.05) is 24.4 Å². The molecule has 9 nitrogen and oxygen atoms in total. The lowest BCUT2D eigenvalue weighted by molar-refractivity contribution is -0.193. The third-order valence-corrected chi connectivity index (χ3v) is 5.33. The molecule has 18 heteroatoms. The molecule has 0 radical (unpaired) electrons. The second-order valence-corrected chi connectivity index (χ2v) is 8.50. The molecule has 0 aliphatic heterocycles. The molecule has 220 valence electrons. The van der Waals surface area contributed by atoms with Crippen molar-refractivity contribution in [3.05, 3.63) is 65.9 Å². The monoisotopic (exact) mass is 595 g/mol. The van der Waals surface area contributed by atoms with Crippen LogP contribution in [0.5, 0.6) is 0 Å². The summed E-state index contributed by atoms with van der Waals surface area (Å²) in [6.45, 7) is 0. The Morgan fingerprint density at radius 1 is 0.927 bits per heavy atom. The molecule has 0 spiro atoms. The molecular weight excluding hydrogens is 577 g/mol. The number of aromatic amines is 1. The number of pyridine rings is 1. The Morgan fingerprint density at radius 3 is 2.15 bits per heavy atom. The molecule has 0 aliphatic rings. The normalized spacial score (nSPS) is 13.0. The van der Waals surface area contributed by atoms with Gasteiger partial charge in [-0.25, -0.2) is 4.68 Å². The molecule has 0 saturated carbocycles. The topological polar surface area (TPSA) is 132 Å². The van der Waals surface area contributed by atoms with Crippen LogP contribution in [0.2, 0.25) is 0 Å². The lowest BCUT2D eigenvalue weighted by Crippen LogP contribution is -2.39. The van der Waals surface area contributed by atoms with E-state index >= 15 is 0 Å². The fraction of sp³-hybridized carbons (Fsp3) is 0.304. The lowest BCUT2D eigenvalue weighted by atomic mass is 10.0. The maximum absolute atomic E-state index is 12.6. The maximum Gasteiger partial charge on any atom is 0.458 e. The van der Waals surface area contributed by atoms with Gasteiger partial charge in [0.25, 0.3) is 0 Å². The summed E-state index contributed by atoms with van der Waals surface area (Å²) in [6.07, 6.45) is -9.49. The minimum absolute atomic E-state index is 0.221. The number of halogens is 9. The summed E-state index contributed by atoms with van der Waals surface area (Å²) in [4.78, 5) is 22.7. The second-order valence-electron chi connectivity index (χ2n) is 8.50. The predicted molar refractivity (Wildman–Crippen MR) is 122 cm³/mol. The van der Waals surface area contributed by atoms with Crippen molar-refractivity contribution in [2.24, 2.45) is 5.73 Å². The highest BCUT2D eigenvalue weighted by Crippen LogP contribution is 2.27. The summed E-state index contributed by atoms with van der Waals surface area (Å²) < 4.78 is 106. The third-order valence-electron chi connectivity index (χ3n) is 5.33. The summed E-state index contributed by atoms with van der Waals surface area (Å²) >= 11 is 0. The van der Waals surface area contributed by atoms with Crippen molar-refractivity contribution in [2.75, 3.05) is 0 Å². The van der Waals surface area contributed by atoms with E-state index in [0.29, 0.717) is 24.8 Å². The molecule has 4 rings (SSSR count). The number of alkyl halides is 9. The number of nitrogens with two attached hydrogens (primary N) is 1. The number of H-pyrrole nitrogens is 1. The van der Waals surface area contributed by atoms with Gasteiger partial charge in [-0.3, -0.25) is 19.7 Å². The van der Waals surface area contributed by atoms with Crippen LogP contribution in [0.3, 0.4) is 0 Å². The van der Waals surface area contributed by atoms with E-state index in [1.165, 1.54) is 12.3 Å². The van der Waals surface area contributed by atoms with E-state index in [9.17, 15) is 49.1 Å². The predicted octanol–water partition coefficient (Wildman–Crippen LogP) is 4.31. The molecule has 0 aliphatic carbocycles. The minimum Gasteiger partial charge on any atom is -0.327 e. The molecular formula is C23H18F9N7O2. The van der Waals surface area contributed by atoms with Crippen LogP contribution >= 0.6 is 0 Å². The van der Waals surface area contributed by atoms with Crippen molar-refractivity contribution >= 4 is 22.5 Å². The van der Waals surface area contributed by atoms with Gasteiger partial charge in [0.1, 0.15) is 5.69 Å². The number of carbonyl (C=O) groups excluding carboxylic acids is 2. The zero-order chi connectivity index (χ0) is 30.6. The SMILES string of the molecule is N[C@H](CCc1cn(-c2ccc3[nH]ncc3c2)nn1)Cc1ccc(C(F)(F)F)nc1.O=C(C(=O)C(F)(F)F)C(F)(F)F. The van der Waals surface area contributed by atoms with Crippen LogP contribution in [0, 0.1) is 0 Å². The number of fused-ring (bicyclic) bond motifs is 1. The molecule has 41 heavy (non-hydrogen) atoms. The summed E-state index contributed by atoms with van der Waals surface area (Å²) in [5.74, 6) is -6.81. The lowest BCUT2D eigenvalue weighted by Gasteiger charge is -2.11. The van der Waals surface area contributed by atoms with E-state index in [0.717, 1.165) is 28.4 Å². The van der Waals surface area contributed by atoms with E-state index in [4.69, 9.17) is 5.73 Å². The van der Waals surface area contributed by atoms with Gasteiger partial charge >= 0.3 is 30.1 Å². The van der Waals surface area contributed by atoms with Crippen LogP contribution < -0.4 is 5.73 Å². The van der Waals surface area contributed by atoms with Crippen LogP contribution in [-0.4, -0.2) is 60.1 Å². The number of ketones is 2. The quantitative estimate of drug-likeness (QED) is 0.240. The summed E-state index contributed by atoms with van der Waals surface area (Å²) in [5, 5.41) is 16.2. The first-order valence-corrected chi connectivity index (χ1v) is 11.3. The molecule has 0 fully saturated rings. The molecule has 3 N–H and O–H groups in total. The Hall–Kier alpha value is -4.35. The summed E-state index contributed by atoms with van der Waals surface area (Å²) in [5.41, 5.74) is 8.50. The van der Waals surface area contributed by atoms with Gasteiger partial charge in [-0.1, -0.05) is 11.3 Å². The zero-order valence-electron chi connectivity index (χ0n) is 20.3. The zero-order valence-corrected chi connectivity index (χ0v) is 20.3. The molecule has 0 saturated heterocycles. The smallest absolute Gasteiger partial charge is 0.327 e. The molecule has 0 bridgehead atoms. The van der Waals surface area contributed by atoms with Crippen molar-refractivity contribution in [1.82, 2.24) is 30.2 Å². The van der Waals surface area contributed by atoms with Crippen LogP contribution in [-0.2, 0) is 28.6 Å². The Labute approximate surface area is 223 Å². The van der Waals surface area contributed by atoms with Crippen molar-refractivity contribution in [2.45, 2.75) is 43.8 Å². The summed E-state index contributed by atoms with van der Waals surface area (Å²) in [6, 6.07) is 7.97. The number of Topliss-reactive ketones (excluding diaryl/α,β-unsaturated/α-hetero) is 2. The number of nitrogens with zero attached hydrogens (tertiary/aromatic N) is 5. The van der Waals surface area contributed by atoms with Gasteiger partial charge in [0.2, 0.25) is 0 Å². The molecule has 3 heterocycles. The first-order chi connectivity index (χ1) is 18.9. The van der Waals surface area contributed by atoms with Crippen molar-refractivity contribution in [3.8, 4) is 5.69 Å². The fourth-order valence-electron chi connectivity index (χ4n) is 3.32. The Balaban J connectivity index is 0.000000327. The van der Waals surface area contributed by atoms with Gasteiger partial charge in [0, 0.05) is 17.6 Å². The molecule has 3 aromatic heterocycles. The first-order valence-electron chi connectivity index (χ1n) is 11.3. The number of carbonyl (C=O) groups is 2. The number of nitrogens with one attached hydrogen (secondary N) is 1. The average Bonchev–Trinajstić information content (AvgIpc) is 3.55. The van der Waals surface area contributed by atoms with Gasteiger partial charge in [0.05, 0.1) is 29.3 Å². The minimum atomic E-state index is -5.77. The molecule has 1 aromatic carbocycles. The highest BCUT2D eigenvalue weighted by atomic mass is 19.4. The Kier molecular flexibility index (Phi) is 9.15. The van der Waals surface area contributed by atoms with E-state index in [1.54, 1.807) is 10.9 Å². The first kappa shape index (κ1) is 31.2. The van der Waals surface area contributed by atoms with E-state index in [-0.39, 0.29) is 6.04 Å². The Morgan fingerprint density at radius 2 is 1.59 bits per heavy atom. The average molecular weight is 595 g/mol. The van der Waals surface area contributed by atoms with Crippen LogP contribution in [0.1, 0.15) is 23.4 Å². The van der Waals surface area contributed by atoms with Crippen molar-refractivity contribution in [3.63, 3.8) is 0 Å². The largest absolute Gasteiger partial charge is 0.458 e. The molecule has 4 aromatic rings. The maximum atomic E-state index is 12.6. The molecule has 0 amide bonds. The van der Waals surface area contributed by atoms with E-state index in [2.05, 4.69) is 25.5 Å². The highest BCUT2D eigenvalue weighted by Gasteiger charge is 2.54. The van der Waals surface area contributed by atoms with Crippen LogP contribution in [0.4, 0.5) is 39.5 Å². The van der Waals surface area contributed by atoms with Crippen molar-refractivity contribution in [1.29, 1.82) is 0 Å². The number of hydrogen-bond donors (Lipinski definition) is 2. The standard InChI is InChI=1S/C19H18F3N7.C4F6O2/c20-19(21,22)18-6-1-12(9-24-18)7-14(23)2-3-15-11-29(28-26-15)16-4-5-17-13(8-16)10-25-27-17;5-3(6,7)1(11)2(12)4(8,9)10/h1,4-6,8-11,14H,2-3,7,23H2,(H,25,27);/t14-;/m1./s1. The summed E-state index contributed by atoms with van der Waals surface area (Å²) in [7, 11) is 0. The second kappa shape index (κ2) is 12.0. The van der Waals surface area contributed by atoms with Gasteiger partial charge in [-0.2, -0.15) is 44.6 Å². The molecule has 1 atom stereocenters. The Bertz CT molecular complexity index is 1470. The number of benzene rings is 1. The number of aryl methyl sites for hydroxylation is 1. The van der Waals surface area contributed by atoms with E-state index < -0.39 is 35.8 Å². The molecule has 0 unspecified atom stereocenters. The van der Waals surface area contributed by atoms with Crippen molar-refractivity contribution < 1.29 is 49.1 Å².